The number of rotatable bonds is 4. The van der Waals surface area contributed by atoms with E-state index < -0.39 is 0 Å². The lowest BCUT2D eigenvalue weighted by atomic mass is 9.78. The summed E-state index contributed by atoms with van der Waals surface area (Å²) in [6.45, 7) is 2.36. The van der Waals surface area contributed by atoms with E-state index in [0.29, 0.717) is 6.04 Å². The largest absolute Gasteiger partial charge is 0.338 e. The van der Waals surface area contributed by atoms with Gasteiger partial charge >= 0.3 is 0 Å². The zero-order valence-corrected chi connectivity index (χ0v) is 11.1. The second-order valence-electron chi connectivity index (χ2n) is 5.69. The van der Waals surface area contributed by atoms with Crippen LogP contribution >= 0.6 is 0 Å². The molecule has 1 saturated carbocycles. The molecule has 17 heavy (non-hydrogen) atoms. The number of aryl methyl sites for hydroxylation is 2. The van der Waals surface area contributed by atoms with Crippen LogP contribution in [0.2, 0.25) is 0 Å². The number of nitrogens with two attached hydrogens (primary N) is 1. The SMILES string of the molecule is CC1CCCC(C(N)CCc2nccn2C)C1. The molecular weight excluding hydrogens is 210 g/mol. The van der Waals surface area contributed by atoms with Crippen LogP contribution in [-0.4, -0.2) is 15.6 Å². The molecule has 0 aliphatic heterocycles. The Morgan fingerprint density at radius 3 is 3.00 bits per heavy atom. The summed E-state index contributed by atoms with van der Waals surface area (Å²) in [5, 5.41) is 0. The first kappa shape index (κ1) is 12.6. The first-order valence-electron chi connectivity index (χ1n) is 6.88. The van der Waals surface area contributed by atoms with Crippen molar-refractivity contribution in [1.82, 2.24) is 9.55 Å². The zero-order chi connectivity index (χ0) is 12.3. The summed E-state index contributed by atoms with van der Waals surface area (Å²) in [6.07, 6.45) is 11.4. The quantitative estimate of drug-likeness (QED) is 0.871. The predicted octanol–water partition coefficient (Wildman–Crippen LogP) is 2.51. The topological polar surface area (TPSA) is 43.8 Å². The van der Waals surface area contributed by atoms with E-state index in [9.17, 15) is 0 Å². The maximum absolute atomic E-state index is 6.34. The van der Waals surface area contributed by atoms with Gasteiger partial charge in [0.1, 0.15) is 5.82 Å². The van der Waals surface area contributed by atoms with Crippen LogP contribution in [0.25, 0.3) is 0 Å². The van der Waals surface area contributed by atoms with Gasteiger partial charge in [-0.25, -0.2) is 4.98 Å². The van der Waals surface area contributed by atoms with Gasteiger partial charge < -0.3 is 10.3 Å². The number of hydrogen-bond acceptors (Lipinski definition) is 2. The van der Waals surface area contributed by atoms with Crippen molar-refractivity contribution < 1.29 is 0 Å². The fraction of sp³-hybridized carbons (Fsp3) is 0.786. The van der Waals surface area contributed by atoms with Crippen molar-refractivity contribution in [2.45, 2.75) is 51.5 Å². The van der Waals surface area contributed by atoms with Gasteiger partial charge in [-0.15, -0.1) is 0 Å². The van der Waals surface area contributed by atoms with Crippen LogP contribution in [0.3, 0.4) is 0 Å². The molecule has 96 valence electrons. The summed E-state index contributed by atoms with van der Waals surface area (Å²) in [5.74, 6) is 2.76. The molecule has 0 amide bonds. The molecule has 1 heterocycles. The standard InChI is InChI=1S/C14H25N3/c1-11-4-3-5-12(10-11)13(15)6-7-14-16-8-9-17(14)2/h8-9,11-13H,3-7,10,15H2,1-2H3. The molecule has 3 unspecified atom stereocenters. The molecule has 2 rings (SSSR count). The highest BCUT2D eigenvalue weighted by molar-refractivity contribution is 4.92. The molecular formula is C14H25N3. The molecule has 0 saturated heterocycles. The van der Waals surface area contributed by atoms with E-state index in [4.69, 9.17) is 5.73 Å². The Balaban J connectivity index is 1.80. The molecule has 1 aromatic rings. The molecule has 0 bridgehead atoms. The monoisotopic (exact) mass is 235 g/mol. The fourth-order valence-corrected chi connectivity index (χ4v) is 3.04. The number of aromatic nitrogens is 2. The lowest BCUT2D eigenvalue weighted by Crippen LogP contribution is -2.34. The lowest BCUT2D eigenvalue weighted by Gasteiger charge is -2.31. The Hall–Kier alpha value is -0.830. The van der Waals surface area contributed by atoms with Crippen molar-refractivity contribution in [3.63, 3.8) is 0 Å². The van der Waals surface area contributed by atoms with Gasteiger partial charge in [0.15, 0.2) is 0 Å². The van der Waals surface area contributed by atoms with Gasteiger partial charge in [-0.05, 0) is 31.1 Å². The van der Waals surface area contributed by atoms with Gasteiger partial charge in [0.25, 0.3) is 0 Å². The van der Waals surface area contributed by atoms with Gasteiger partial charge in [-0.1, -0.05) is 19.8 Å². The number of hydrogen-bond donors (Lipinski definition) is 1. The van der Waals surface area contributed by atoms with Gasteiger partial charge in [-0.3, -0.25) is 0 Å². The second-order valence-corrected chi connectivity index (χ2v) is 5.69. The van der Waals surface area contributed by atoms with Gasteiger partial charge in [-0.2, -0.15) is 0 Å². The average molecular weight is 235 g/mol. The minimum Gasteiger partial charge on any atom is -0.338 e. The minimum atomic E-state index is 0.356. The van der Waals surface area contributed by atoms with Gasteiger partial charge in [0.2, 0.25) is 0 Å². The first-order valence-corrected chi connectivity index (χ1v) is 6.88. The molecule has 1 aliphatic rings. The smallest absolute Gasteiger partial charge is 0.108 e. The normalized spacial score (nSPS) is 27.0. The van der Waals surface area contributed by atoms with Crippen LogP contribution < -0.4 is 5.73 Å². The summed E-state index contributed by atoms with van der Waals surface area (Å²) in [5.41, 5.74) is 6.34. The summed E-state index contributed by atoms with van der Waals surface area (Å²) < 4.78 is 2.09. The van der Waals surface area contributed by atoms with Crippen molar-refractivity contribution >= 4 is 0 Å². The van der Waals surface area contributed by atoms with Crippen molar-refractivity contribution in [3.05, 3.63) is 18.2 Å². The highest BCUT2D eigenvalue weighted by atomic mass is 15.0. The number of nitrogens with zero attached hydrogens (tertiary/aromatic N) is 2. The van der Waals surface area contributed by atoms with Gasteiger partial charge in [0.05, 0.1) is 0 Å². The predicted molar refractivity (Wildman–Crippen MR) is 70.6 cm³/mol. The summed E-state index contributed by atoms with van der Waals surface area (Å²) in [7, 11) is 2.05. The van der Waals surface area contributed by atoms with E-state index in [1.165, 1.54) is 25.7 Å². The summed E-state index contributed by atoms with van der Waals surface area (Å²) >= 11 is 0. The first-order chi connectivity index (χ1) is 8.16. The molecule has 0 aromatic carbocycles. The van der Waals surface area contributed by atoms with E-state index in [2.05, 4.69) is 23.5 Å². The molecule has 0 radical (unpaired) electrons. The van der Waals surface area contributed by atoms with E-state index in [-0.39, 0.29) is 0 Å². The van der Waals surface area contributed by atoms with Crippen LogP contribution in [0.4, 0.5) is 0 Å². The molecule has 1 aliphatic carbocycles. The zero-order valence-electron chi connectivity index (χ0n) is 11.1. The average Bonchev–Trinajstić information content (AvgIpc) is 2.72. The molecule has 2 N–H and O–H groups in total. The van der Waals surface area contributed by atoms with Crippen LogP contribution in [0.15, 0.2) is 12.4 Å². The molecule has 3 atom stereocenters. The highest BCUT2D eigenvalue weighted by Gasteiger charge is 2.24. The van der Waals surface area contributed by atoms with Crippen LogP contribution in [0.5, 0.6) is 0 Å². The van der Waals surface area contributed by atoms with Crippen molar-refractivity contribution in [2.24, 2.45) is 24.6 Å². The van der Waals surface area contributed by atoms with E-state index in [0.717, 1.165) is 30.5 Å². The molecule has 1 fully saturated rings. The second kappa shape index (κ2) is 5.67. The van der Waals surface area contributed by atoms with Gasteiger partial charge in [0, 0.05) is 31.9 Å². The van der Waals surface area contributed by atoms with Crippen molar-refractivity contribution in [1.29, 1.82) is 0 Å². The molecule has 3 heteroatoms. The maximum Gasteiger partial charge on any atom is 0.108 e. The molecule has 0 spiro atoms. The third-order valence-electron chi connectivity index (χ3n) is 4.20. The highest BCUT2D eigenvalue weighted by Crippen LogP contribution is 2.31. The third-order valence-corrected chi connectivity index (χ3v) is 4.20. The van der Waals surface area contributed by atoms with E-state index in [1.54, 1.807) is 0 Å². The van der Waals surface area contributed by atoms with E-state index >= 15 is 0 Å². The minimum absolute atomic E-state index is 0.356. The summed E-state index contributed by atoms with van der Waals surface area (Å²) in [4.78, 5) is 4.36. The summed E-state index contributed by atoms with van der Waals surface area (Å²) in [6, 6.07) is 0.356. The Morgan fingerprint density at radius 2 is 2.35 bits per heavy atom. The van der Waals surface area contributed by atoms with Crippen LogP contribution in [0, 0.1) is 11.8 Å². The van der Waals surface area contributed by atoms with Crippen LogP contribution in [0.1, 0.15) is 44.9 Å². The maximum atomic E-state index is 6.34. The van der Waals surface area contributed by atoms with Crippen molar-refractivity contribution in [2.75, 3.05) is 0 Å². The van der Waals surface area contributed by atoms with Crippen LogP contribution in [-0.2, 0) is 13.5 Å². The fourth-order valence-electron chi connectivity index (χ4n) is 3.04. The van der Waals surface area contributed by atoms with E-state index in [1.807, 2.05) is 12.4 Å². The number of imidazole rings is 1. The third kappa shape index (κ3) is 3.32. The van der Waals surface area contributed by atoms with Crippen molar-refractivity contribution in [3.8, 4) is 0 Å². The molecule has 3 nitrogen and oxygen atoms in total. The Morgan fingerprint density at radius 1 is 1.53 bits per heavy atom. The lowest BCUT2D eigenvalue weighted by molar-refractivity contribution is 0.239. The molecule has 1 aromatic heterocycles. The Bertz CT molecular complexity index is 345. The Kier molecular flexibility index (Phi) is 4.21. The Labute approximate surface area is 104 Å².